The number of ether oxygens (including phenoxy) is 1. The molecule has 15 heavy (non-hydrogen) atoms. The molecule has 0 bridgehead atoms. The average molecular weight is 288 g/mol. The van der Waals surface area contributed by atoms with Crippen molar-refractivity contribution in [1.29, 1.82) is 0 Å². The van der Waals surface area contributed by atoms with Crippen LogP contribution in [0.25, 0.3) is 10.8 Å². The van der Waals surface area contributed by atoms with Crippen LogP contribution < -0.4 is 0 Å². The van der Waals surface area contributed by atoms with Gasteiger partial charge in [0, 0.05) is 0 Å². The van der Waals surface area contributed by atoms with Crippen LogP contribution in [-0.2, 0) is 4.74 Å². The van der Waals surface area contributed by atoms with Crippen molar-refractivity contribution in [3.8, 4) is 10.8 Å². The van der Waals surface area contributed by atoms with Crippen molar-refractivity contribution in [3.63, 3.8) is 0 Å². The van der Waals surface area contributed by atoms with E-state index in [-0.39, 0.29) is 5.97 Å². The third-order valence-electron chi connectivity index (χ3n) is 1.68. The first-order valence-electron chi connectivity index (χ1n) is 4.00. The molecule has 0 spiro atoms. The largest absolute Gasteiger partial charge is 0.465 e. The molecule has 0 unspecified atom stereocenters. The maximum Gasteiger partial charge on any atom is 0.349 e. The molecule has 0 aliphatic rings. The van der Waals surface area contributed by atoms with Crippen molar-refractivity contribution < 1.29 is 13.9 Å². The van der Waals surface area contributed by atoms with Gasteiger partial charge in [0.05, 0.1) is 13.3 Å². The van der Waals surface area contributed by atoms with Crippen LogP contribution in [0.3, 0.4) is 0 Å². The lowest BCUT2D eigenvalue weighted by Crippen LogP contribution is -1.96. The number of methoxy groups -OCH3 is 1. The summed E-state index contributed by atoms with van der Waals surface area (Å²) < 4.78 is 10.5. The molecule has 2 heterocycles. The number of hydrogen-bond acceptors (Lipinski definition) is 5. The number of esters is 1. The summed E-state index contributed by atoms with van der Waals surface area (Å²) in [6.45, 7) is 0. The number of nitrogens with zero attached hydrogens (tertiary/aromatic N) is 1. The van der Waals surface area contributed by atoms with E-state index in [0.29, 0.717) is 20.3 Å². The second-order valence-electron chi connectivity index (χ2n) is 2.63. The first-order valence-corrected chi connectivity index (χ1v) is 5.61. The van der Waals surface area contributed by atoms with Gasteiger partial charge in [-0.2, -0.15) is 0 Å². The molecule has 0 atom stereocenters. The summed E-state index contributed by atoms with van der Waals surface area (Å²) in [7, 11) is 1.34. The number of carbonyl (C=O) groups excluding carboxylic acids is 1. The molecule has 2 rings (SSSR count). The number of carbonyl (C=O) groups is 1. The highest BCUT2D eigenvalue weighted by atomic mass is 79.9. The van der Waals surface area contributed by atoms with Gasteiger partial charge in [-0.25, -0.2) is 9.78 Å². The SMILES string of the molecule is COC(=O)c1cnc(-c2ccc(Br)o2)s1. The van der Waals surface area contributed by atoms with E-state index in [1.807, 2.05) is 0 Å². The van der Waals surface area contributed by atoms with Crippen LogP contribution in [0.15, 0.2) is 27.4 Å². The molecule has 0 fully saturated rings. The summed E-state index contributed by atoms with van der Waals surface area (Å²) in [5, 5.41) is 0.654. The normalized spacial score (nSPS) is 10.3. The maximum atomic E-state index is 11.2. The Morgan fingerprint density at radius 1 is 1.60 bits per heavy atom. The van der Waals surface area contributed by atoms with Crippen LogP contribution in [-0.4, -0.2) is 18.1 Å². The lowest BCUT2D eigenvalue weighted by Gasteiger charge is -1.90. The van der Waals surface area contributed by atoms with Gasteiger partial charge in [0.25, 0.3) is 0 Å². The lowest BCUT2D eigenvalue weighted by molar-refractivity contribution is 0.0606. The molecule has 2 aromatic rings. The minimum atomic E-state index is -0.385. The third-order valence-corrected chi connectivity index (χ3v) is 3.09. The maximum absolute atomic E-state index is 11.2. The number of thiazole rings is 1. The van der Waals surface area contributed by atoms with Crippen molar-refractivity contribution in [2.75, 3.05) is 7.11 Å². The van der Waals surface area contributed by atoms with Crippen molar-refractivity contribution in [1.82, 2.24) is 4.98 Å². The highest BCUT2D eigenvalue weighted by Gasteiger charge is 2.13. The minimum absolute atomic E-state index is 0.385. The van der Waals surface area contributed by atoms with Crippen molar-refractivity contribution in [2.24, 2.45) is 0 Å². The fourth-order valence-corrected chi connectivity index (χ4v) is 2.11. The molecule has 0 N–H and O–H groups in total. The Bertz CT molecular complexity index is 491. The van der Waals surface area contributed by atoms with E-state index < -0.39 is 0 Å². The first-order chi connectivity index (χ1) is 7.20. The Labute approximate surface area is 98.0 Å². The molecule has 0 saturated carbocycles. The predicted molar refractivity (Wildman–Crippen MR) is 58.9 cm³/mol. The van der Waals surface area contributed by atoms with Crippen LogP contribution in [0.1, 0.15) is 9.67 Å². The zero-order chi connectivity index (χ0) is 10.8. The third kappa shape index (κ3) is 2.10. The summed E-state index contributed by atoms with van der Waals surface area (Å²) in [5.41, 5.74) is 0. The van der Waals surface area contributed by atoms with Gasteiger partial charge in [-0.1, -0.05) is 0 Å². The molecule has 0 aliphatic heterocycles. The predicted octanol–water partition coefficient (Wildman–Crippen LogP) is 2.95. The van der Waals surface area contributed by atoms with E-state index in [0.717, 1.165) is 0 Å². The van der Waals surface area contributed by atoms with Gasteiger partial charge in [0.1, 0.15) is 4.88 Å². The molecule has 0 saturated heterocycles. The van der Waals surface area contributed by atoms with Crippen LogP contribution in [0.5, 0.6) is 0 Å². The van der Waals surface area contributed by atoms with Crippen molar-refractivity contribution >= 4 is 33.2 Å². The van der Waals surface area contributed by atoms with E-state index in [2.05, 4.69) is 25.7 Å². The molecule has 0 amide bonds. The monoisotopic (exact) mass is 287 g/mol. The molecular formula is C9H6BrNO3S. The second kappa shape index (κ2) is 4.16. The highest BCUT2D eigenvalue weighted by molar-refractivity contribution is 9.10. The van der Waals surface area contributed by atoms with Crippen LogP contribution in [0.4, 0.5) is 0 Å². The summed E-state index contributed by atoms with van der Waals surface area (Å²) in [6.07, 6.45) is 1.47. The molecule has 0 aromatic carbocycles. The molecule has 0 aliphatic carbocycles. The quantitative estimate of drug-likeness (QED) is 0.797. The van der Waals surface area contributed by atoms with Crippen molar-refractivity contribution in [2.45, 2.75) is 0 Å². The summed E-state index contributed by atoms with van der Waals surface area (Å²) in [4.78, 5) is 15.7. The van der Waals surface area contributed by atoms with E-state index in [1.165, 1.54) is 24.6 Å². The Morgan fingerprint density at radius 2 is 2.40 bits per heavy atom. The summed E-state index contributed by atoms with van der Waals surface area (Å²) in [6, 6.07) is 3.55. The van der Waals surface area contributed by atoms with Gasteiger partial charge in [-0.05, 0) is 28.1 Å². The van der Waals surface area contributed by atoms with E-state index in [1.54, 1.807) is 12.1 Å². The highest BCUT2D eigenvalue weighted by Crippen LogP contribution is 2.28. The average Bonchev–Trinajstić information content (AvgIpc) is 2.84. The Hall–Kier alpha value is -1.14. The Balaban J connectivity index is 2.31. The number of hydrogen-bond donors (Lipinski definition) is 0. The smallest absolute Gasteiger partial charge is 0.349 e. The number of halogens is 1. The summed E-state index contributed by atoms with van der Waals surface area (Å²) in [5.74, 6) is 0.242. The number of furan rings is 1. The standard InChI is InChI=1S/C9H6BrNO3S/c1-13-9(12)6-4-11-8(15-6)5-2-3-7(10)14-5/h2-4H,1H3. The zero-order valence-electron chi connectivity index (χ0n) is 7.69. The van der Waals surface area contributed by atoms with Crippen LogP contribution in [0.2, 0.25) is 0 Å². The topological polar surface area (TPSA) is 52.3 Å². The summed E-state index contributed by atoms with van der Waals surface area (Å²) >= 11 is 4.43. The molecule has 4 nitrogen and oxygen atoms in total. The number of rotatable bonds is 2. The van der Waals surface area contributed by atoms with Crippen LogP contribution in [0, 0.1) is 0 Å². The molecule has 2 aromatic heterocycles. The molecule has 78 valence electrons. The molecule has 6 heteroatoms. The van der Waals surface area contributed by atoms with E-state index in [9.17, 15) is 4.79 Å². The fourth-order valence-electron chi connectivity index (χ4n) is 1.01. The Kier molecular flexibility index (Phi) is 2.88. The fraction of sp³-hybridized carbons (Fsp3) is 0.111. The zero-order valence-corrected chi connectivity index (χ0v) is 10.1. The second-order valence-corrected chi connectivity index (χ2v) is 4.44. The van der Waals surface area contributed by atoms with Gasteiger partial charge in [-0.3, -0.25) is 0 Å². The lowest BCUT2D eigenvalue weighted by atomic mass is 10.5. The van der Waals surface area contributed by atoms with Gasteiger partial charge in [0.2, 0.25) is 0 Å². The molecule has 0 radical (unpaired) electrons. The van der Waals surface area contributed by atoms with Crippen molar-refractivity contribution in [3.05, 3.63) is 27.9 Å². The van der Waals surface area contributed by atoms with Gasteiger partial charge in [0.15, 0.2) is 15.4 Å². The first kappa shape index (κ1) is 10.4. The Morgan fingerprint density at radius 3 is 3.00 bits per heavy atom. The molecular weight excluding hydrogens is 282 g/mol. The number of aromatic nitrogens is 1. The van der Waals surface area contributed by atoms with Gasteiger partial charge >= 0.3 is 5.97 Å². The van der Waals surface area contributed by atoms with Crippen LogP contribution >= 0.6 is 27.3 Å². The van der Waals surface area contributed by atoms with E-state index in [4.69, 9.17) is 4.42 Å². The van der Waals surface area contributed by atoms with Gasteiger partial charge in [-0.15, -0.1) is 11.3 Å². The van der Waals surface area contributed by atoms with Gasteiger partial charge < -0.3 is 9.15 Å². The van der Waals surface area contributed by atoms with E-state index >= 15 is 0 Å². The minimum Gasteiger partial charge on any atom is -0.465 e.